The molecule has 39 heavy (non-hydrogen) atoms. The lowest BCUT2D eigenvalue weighted by Crippen LogP contribution is -2.46. The Morgan fingerprint density at radius 3 is 2.41 bits per heavy atom. The Balaban J connectivity index is 1.39. The molecule has 2 aliphatic heterocycles. The summed E-state index contributed by atoms with van der Waals surface area (Å²) >= 11 is 0. The van der Waals surface area contributed by atoms with Crippen molar-refractivity contribution in [3.05, 3.63) is 64.2 Å². The molecule has 2 aromatic rings. The maximum atomic E-state index is 15.2. The summed E-state index contributed by atoms with van der Waals surface area (Å²) in [6.07, 6.45) is -0.233. The van der Waals surface area contributed by atoms with Crippen molar-refractivity contribution >= 4 is 29.6 Å². The predicted octanol–water partition coefficient (Wildman–Crippen LogP) is 3.87. The molecule has 0 saturated carbocycles. The lowest BCUT2D eigenvalue weighted by molar-refractivity contribution is -0.143. The first-order valence-corrected chi connectivity index (χ1v) is 12.3. The molecule has 3 atom stereocenters. The van der Waals surface area contributed by atoms with E-state index in [1.165, 1.54) is 18.0 Å². The molecule has 2 fully saturated rings. The van der Waals surface area contributed by atoms with Gasteiger partial charge in [0.2, 0.25) is 11.5 Å². The van der Waals surface area contributed by atoms with Crippen LogP contribution in [0.5, 0.6) is 0 Å². The maximum Gasteiger partial charge on any atom is 0.418 e. The third-order valence-electron chi connectivity index (χ3n) is 7.52. The lowest BCUT2D eigenvalue weighted by atomic mass is 9.94. The number of nitrogens with zero attached hydrogens (tertiary/aromatic N) is 2. The van der Waals surface area contributed by atoms with Crippen LogP contribution in [0.2, 0.25) is 0 Å². The zero-order valence-electron chi connectivity index (χ0n) is 20.9. The van der Waals surface area contributed by atoms with Crippen LogP contribution in [-0.4, -0.2) is 53.4 Å². The third-order valence-corrected chi connectivity index (χ3v) is 7.52. The topological polar surface area (TPSA) is 108 Å². The summed E-state index contributed by atoms with van der Waals surface area (Å²) in [5.74, 6) is -6.88. The van der Waals surface area contributed by atoms with Gasteiger partial charge < -0.3 is 20.3 Å². The number of aryl methyl sites for hydroxylation is 1. The van der Waals surface area contributed by atoms with Gasteiger partial charge in [-0.1, -0.05) is 0 Å². The molecule has 5 amide bonds. The highest BCUT2D eigenvalue weighted by Crippen LogP contribution is 2.47. The van der Waals surface area contributed by atoms with Crippen molar-refractivity contribution in [1.82, 2.24) is 15.1 Å². The first kappa shape index (κ1) is 26.4. The van der Waals surface area contributed by atoms with Crippen LogP contribution in [0.15, 0.2) is 24.3 Å². The quantitative estimate of drug-likeness (QED) is 0.446. The smallest absolute Gasteiger partial charge is 0.418 e. The highest BCUT2D eigenvalue weighted by Gasteiger charge is 2.60. The zero-order chi connectivity index (χ0) is 28.2. The van der Waals surface area contributed by atoms with Gasteiger partial charge in [-0.3, -0.25) is 9.59 Å². The van der Waals surface area contributed by atoms with Crippen molar-refractivity contribution in [2.24, 2.45) is 0 Å². The Hall–Kier alpha value is -4.16. The van der Waals surface area contributed by atoms with Crippen LogP contribution in [-0.2, 0) is 26.3 Å². The van der Waals surface area contributed by atoms with Crippen LogP contribution >= 0.6 is 0 Å². The Bertz CT molecular complexity index is 1400. The number of benzene rings is 2. The molecule has 1 aliphatic carbocycles. The van der Waals surface area contributed by atoms with Gasteiger partial charge in [-0.05, 0) is 61.6 Å². The average Bonchev–Trinajstić information content (AvgIpc) is 3.52. The van der Waals surface area contributed by atoms with E-state index in [1.54, 1.807) is 6.92 Å². The lowest BCUT2D eigenvalue weighted by Gasteiger charge is -2.30. The standard InChI is InChI=1S/C26H24F4N4O5/c1-12-3-4-19(14-8-17(28)22(30)18(29)9-14)34(12)20(35)11-33-23(36)26(39-25(33)38)6-5-13-7-15(32-24(37)31-2)10-16(27)21(13)26/h7-10,12,19H,3-6,11H2,1-2H3,(H2,31,32,37)/t12-,19-,26-/m0/s1. The monoisotopic (exact) mass is 548 g/mol. The van der Waals surface area contributed by atoms with E-state index >= 15 is 4.39 Å². The van der Waals surface area contributed by atoms with Crippen LogP contribution in [0.3, 0.4) is 0 Å². The van der Waals surface area contributed by atoms with E-state index in [0.717, 1.165) is 18.2 Å². The van der Waals surface area contributed by atoms with Gasteiger partial charge in [0.1, 0.15) is 12.4 Å². The first-order valence-electron chi connectivity index (χ1n) is 12.3. The molecule has 0 unspecified atom stereocenters. The van der Waals surface area contributed by atoms with Gasteiger partial charge in [-0.15, -0.1) is 0 Å². The second-order valence-corrected chi connectivity index (χ2v) is 9.82. The highest BCUT2D eigenvalue weighted by molar-refractivity contribution is 6.06. The van der Waals surface area contributed by atoms with Gasteiger partial charge in [0.25, 0.3) is 5.91 Å². The van der Waals surface area contributed by atoms with Crippen molar-refractivity contribution < 1.29 is 41.5 Å². The van der Waals surface area contributed by atoms with Crippen LogP contribution in [0.1, 0.15) is 48.9 Å². The molecule has 0 aromatic heterocycles. The largest absolute Gasteiger partial charge is 0.427 e. The molecule has 0 radical (unpaired) electrons. The Morgan fingerprint density at radius 2 is 1.74 bits per heavy atom. The van der Waals surface area contributed by atoms with Crippen molar-refractivity contribution in [3.8, 4) is 0 Å². The van der Waals surface area contributed by atoms with Gasteiger partial charge >= 0.3 is 12.1 Å². The second kappa shape index (κ2) is 9.54. The van der Waals surface area contributed by atoms with Crippen LogP contribution in [0.4, 0.5) is 32.8 Å². The van der Waals surface area contributed by atoms with Gasteiger partial charge in [0, 0.05) is 30.8 Å². The number of ether oxygens (including phenoxy) is 1. The molecule has 2 saturated heterocycles. The molecule has 13 heteroatoms. The number of urea groups is 1. The van der Waals surface area contributed by atoms with Gasteiger partial charge in [0.15, 0.2) is 17.5 Å². The summed E-state index contributed by atoms with van der Waals surface area (Å²) in [7, 11) is 1.39. The van der Waals surface area contributed by atoms with Crippen LogP contribution in [0.25, 0.3) is 0 Å². The van der Waals surface area contributed by atoms with Crippen molar-refractivity contribution in [2.75, 3.05) is 18.9 Å². The molecule has 1 spiro atoms. The second-order valence-electron chi connectivity index (χ2n) is 9.82. The molecule has 9 nitrogen and oxygen atoms in total. The number of carbonyl (C=O) groups excluding carboxylic acids is 4. The number of carbonyl (C=O) groups is 4. The summed E-state index contributed by atoms with van der Waals surface area (Å²) in [5.41, 5.74) is -1.54. The molecule has 2 aromatic carbocycles. The number of likely N-dealkylation sites (tertiary alicyclic amines) is 1. The van der Waals surface area contributed by atoms with E-state index in [9.17, 15) is 32.3 Å². The number of halogens is 4. The SMILES string of the molecule is CNC(=O)Nc1cc(F)c2c(c1)CC[C@]21OC(=O)N(CC(=O)N2[C@@H](C)CC[C@H]2c2cc(F)c(F)c(F)c2)C1=O. The summed E-state index contributed by atoms with van der Waals surface area (Å²) in [5, 5.41) is 4.79. The van der Waals surface area contributed by atoms with E-state index < -0.39 is 71.4 Å². The van der Waals surface area contributed by atoms with Crippen molar-refractivity contribution in [3.63, 3.8) is 0 Å². The number of anilines is 1. The third kappa shape index (κ3) is 4.25. The number of rotatable bonds is 4. The molecule has 0 bridgehead atoms. The minimum absolute atomic E-state index is 0.0452. The fourth-order valence-corrected chi connectivity index (χ4v) is 5.73. The number of nitrogens with one attached hydrogen (secondary N) is 2. The summed E-state index contributed by atoms with van der Waals surface area (Å²) in [4.78, 5) is 53.2. The molecule has 2 heterocycles. The fourth-order valence-electron chi connectivity index (χ4n) is 5.73. The van der Waals surface area contributed by atoms with Gasteiger partial charge in [-0.2, -0.15) is 0 Å². The number of amides is 5. The number of fused-ring (bicyclic) bond motifs is 2. The van der Waals surface area contributed by atoms with Gasteiger partial charge in [-0.25, -0.2) is 32.1 Å². The van der Waals surface area contributed by atoms with E-state index in [-0.39, 0.29) is 29.7 Å². The fraction of sp³-hybridized carbons (Fsp3) is 0.385. The Labute approximate surface area is 220 Å². The van der Waals surface area contributed by atoms with Crippen molar-refractivity contribution in [2.45, 2.75) is 50.3 Å². The molecule has 2 N–H and O–H groups in total. The van der Waals surface area contributed by atoms with Crippen molar-refractivity contribution in [1.29, 1.82) is 0 Å². The summed E-state index contributed by atoms with van der Waals surface area (Å²) < 4.78 is 61.9. The molecular weight excluding hydrogens is 524 g/mol. The molecule has 206 valence electrons. The van der Waals surface area contributed by atoms with Crippen LogP contribution in [0, 0.1) is 23.3 Å². The Kier molecular flexibility index (Phi) is 6.47. The number of hydrogen-bond acceptors (Lipinski definition) is 5. The Morgan fingerprint density at radius 1 is 1.05 bits per heavy atom. The highest BCUT2D eigenvalue weighted by atomic mass is 19.2. The summed E-state index contributed by atoms with van der Waals surface area (Å²) in [6, 6.07) is 2.33. The minimum atomic E-state index is -1.96. The molecular formula is C26H24F4N4O5. The number of hydrogen-bond donors (Lipinski definition) is 2. The molecule has 5 rings (SSSR count). The first-order chi connectivity index (χ1) is 18.5. The maximum absolute atomic E-state index is 15.2. The number of imide groups is 1. The minimum Gasteiger partial charge on any atom is -0.427 e. The van der Waals surface area contributed by atoms with E-state index in [4.69, 9.17) is 4.74 Å². The normalized spacial score (nSPS) is 23.8. The zero-order valence-corrected chi connectivity index (χ0v) is 20.9. The van der Waals surface area contributed by atoms with E-state index in [2.05, 4.69) is 10.6 Å². The predicted molar refractivity (Wildman–Crippen MR) is 127 cm³/mol. The summed E-state index contributed by atoms with van der Waals surface area (Å²) in [6.45, 7) is 0.965. The van der Waals surface area contributed by atoms with E-state index in [1.807, 2.05) is 0 Å². The van der Waals surface area contributed by atoms with Gasteiger partial charge in [0.05, 0.1) is 6.04 Å². The average molecular weight is 548 g/mol. The van der Waals surface area contributed by atoms with Crippen LogP contribution < -0.4 is 10.6 Å². The van der Waals surface area contributed by atoms with E-state index in [0.29, 0.717) is 23.3 Å². The molecule has 3 aliphatic rings.